The zero-order chi connectivity index (χ0) is 24.7. The highest BCUT2D eigenvalue weighted by Gasteiger charge is 2.29. The first-order chi connectivity index (χ1) is 16.8. The molecule has 12 heteroatoms. The van der Waals surface area contributed by atoms with Crippen molar-refractivity contribution in [2.24, 2.45) is 0 Å². The average Bonchev–Trinajstić information content (AvgIpc) is 3.16. The highest BCUT2D eigenvalue weighted by molar-refractivity contribution is 9.10. The number of benzene rings is 1. The Morgan fingerprint density at radius 1 is 1.14 bits per heavy atom. The zero-order valence-electron chi connectivity index (χ0n) is 18.4. The van der Waals surface area contributed by atoms with Gasteiger partial charge in [0.1, 0.15) is 6.10 Å². The molecule has 8 nitrogen and oxygen atoms in total. The summed E-state index contributed by atoms with van der Waals surface area (Å²) >= 11 is 3.41. The predicted molar refractivity (Wildman–Crippen MR) is 132 cm³/mol. The third kappa shape index (κ3) is 4.45. The molecule has 4 heterocycles. The van der Waals surface area contributed by atoms with E-state index in [4.69, 9.17) is 10.5 Å². The Kier molecular flexibility index (Phi) is 6.36. The smallest absolute Gasteiger partial charge is 0.269 e. The number of halogens is 3. The van der Waals surface area contributed by atoms with Crippen molar-refractivity contribution in [3.63, 3.8) is 0 Å². The molecule has 0 aliphatic carbocycles. The summed E-state index contributed by atoms with van der Waals surface area (Å²) in [5.41, 5.74) is 6.72. The van der Waals surface area contributed by atoms with Crippen LogP contribution in [-0.2, 0) is 10.0 Å². The van der Waals surface area contributed by atoms with Gasteiger partial charge in [-0.25, -0.2) is 31.1 Å². The molecule has 1 fully saturated rings. The summed E-state index contributed by atoms with van der Waals surface area (Å²) in [5, 5.41) is 1.02. The number of alkyl halides is 2. The fourth-order valence-electron chi connectivity index (χ4n) is 4.44. The number of anilines is 1. The van der Waals surface area contributed by atoms with Crippen LogP contribution in [0, 0.1) is 0 Å². The molecule has 1 aliphatic heterocycles. The Hall–Kier alpha value is -2.83. The normalized spacial score (nSPS) is 15.9. The Morgan fingerprint density at radius 2 is 1.86 bits per heavy atom. The van der Waals surface area contributed by atoms with Crippen molar-refractivity contribution >= 4 is 53.7 Å². The Morgan fingerprint density at radius 3 is 2.54 bits per heavy atom. The Labute approximate surface area is 208 Å². The largest absolute Gasteiger partial charge is 0.486 e. The lowest BCUT2D eigenvalue weighted by atomic mass is 10.1. The second kappa shape index (κ2) is 9.32. The van der Waals surface area contributed by atoms with E-state index in [1.165, 1.54) is 24.5 Å². The van der Waals surface area contributed by atoms with Crippen LogP contribution in [0.1, 0.15) is 12.8 Å². The van der Waals surface area contributed by atoms with E-state index >= 15 is 0 Å². The van der Waals surface area contributed by atoms with Gasteiger partial charge in [-0.05, 0) is 47.0 Å². The Balaban J connectivity index is 1.63. The predicted octanol–water partition coefficient (Wildman–Crippen LogP) is 4.27. The maximum absolute atomic E-state index is 13.7. The lowest BCUT2D eigenvalue weighted by Gasteiger charge is -2.32. The fourth-order valence-corrected chi connectivity index (χ4v) is 6.25. The third-order valence-corrected chi connectivity index (χ3v) is 8.20. The van der Waals surface area contributed by atoms with Crippen LogP contribution in [-0.4, -0.2) is 59.4 Å². The number of piperidine rings is 1. The van der Waals surface area contributed by atoms with Gasteiger partial charge < -0.3 is 10.5 Å². The standard InChI is InChI=1S/C23H22BrF2N5O3S/c24-14-10-17-20-18(31(23(17)29-11-14)35(32,33)16-4-2-1-3-5-16)12-28-22(27)21(20)34-15-6-8-30(9-7-15)13-19(25)26/h1-5,10-12,15,19H,6-9,13H2,(H2,27,28). The summed E-state index contributed by atoms with van der Waals surface area (Å²) in [6.07, 6.45) is 1.33. The van der Waals surface area contributed by atoms with E-state index in [9.17, 15) is 17.2 Å². The van der Waals surface area contributed by atoms with E-state index in [1.807, 2.05) is 0 Å². The minimum atomic E-state index is -4.02. The molecule has 5 rings (SSSR count). The van der Waals surface area contributed by atoms with Gasteiger partial charge in [0.25, 0.3) is 16.4 Å². The average molecular weight is 566 g/mol. The van der Waals surface area contributed by atoms with Crippen LogP contribution in [0.15, 0.2) is 58.2 Å². The number of aromatic nitrogens is 3. The third-order valence-electron chi connectivity index (χ3n) is 6.05. The molecule has 0 radical (unpaired) electrons. The van der Waals surface area contributed by atoms with Crippen LogP contribution >= 0.6 is 15.9 Å². The van der Waals surface area contributed by atoms with Crippen LogP contribution in [0.2, 0.25) is 0 Å². The Bertz CT molecular complexity index is 1490. The molecule has 1 aliphatic rings. The molecule has 4 aromatic rings. The maximum atomic E-state index is 13.7. The molecule has 0 bridgehead atoms. The van der Waals surface area contributed by atoms with Crippen molar-refractivity contribution in [1.29, 1.82) is 0 Å². The number of likely N-dealkylation sites (tertiary alicyclic amines) is 1. The van der Waals surface area contributed by atoms with Crippen LogP contribution in [0.4, 0.5) is 14.6 Å². The lowest BCUT2D eigenvalue weighted by Crippen LogP contribution is -2.40. The number of pyridine rings is 2. The number of nitrogens with zero attached hydrogens (tertiary/aromatic N) is 4. The van der Waals surface area contributed by atoms with Gasteiger partial charge in [-0.2, -0.15) is 0 Å². The second-order valence-electron chi connectivity index (χ2n) is 8.35. The van der Waals surface area contributed by atoms with E-state index in [-0.39, 0.29) is 40.3 Å². The minimum absolute atomic E-state index is 0.106. The molecular formula is C23H22BrF2N5O3S. The van der Waals surface area contributed by atoms with Gasteiger partial charge in [-0.1, -0.05) is 18.2 Å². The maximum Gasteiger partial charge on any atom is 0.269 e. The van der Waals surface area contributed by atoms with E-state index in [2.05, 4.69) is 25.9 Å². The van der Waals surface area contributed by atoms with Gasteiger partial charge in [-0.15, -0.1) is 0 Å². The number of ether oxygens (including phenoxy) is 1. The molecule has 0 saturated carbocycles. The summed E-state index contributed by atoms with van der Waals surface area (Å²) in [6, 6.07) is 9.83. The topological polar surface area (TPSA) is 103 Å². The molecular weight excluding hydrogens is 544 g/mol. The van der Waals surface area contributed by atoms with Crippen LogP contribution in [0.3, 0.4) is 0 Å². The first-order valence-electron chi connectivity index (χ1n) is 11.0. The molecule has 3 aromatic heterocycles. The highest BCUT2D eigenvalue weighted by Crippen LogP contribution is 2.41. The van der Waals surface area contributed by atoms with Gasteiger partial charge in [-0.3, -0.25) is 4.90 Å². The van der Waals surface area contributed by atoms with E-state index in [0.29, 0.717) is 41.2 Å². The van der Waals surface area contributed by atoms with E-state index < -0.39 is 16.4 Å². The van der Waals surface area contributed by atoms with Crippen molar-refractivity contribution in [2.75, 3.05) is 25.4 Å². The highest BCUT2D eigenvalue weighted by atomic mass is 79.9. The van der Waals surface area contributed by atoms with Crippen molar-refractivity contribution in [3.8, 4) is 5.75 Å². The molecule has 0 spiro atoms. The molecule has 2 N–H and O–H groups in total. The first kappa shape index (κ1) is 23.9. The molecule has 0 amide bonds. The fraction of sp³-hybridized carbons (Fsp3) is 0.304. The summed E-state index contributed by atoms with van der Waals surface area (Å²) in [6.45, 7) is 0.668. The quantitative estimate of drug-likeness (QED) is 0.372. The van der Waals surface area contributed by atoms with Gasteiger partial charge in [0, 0.05) is 29.1 Å². The van der Waals surface area contributed by atoms with Crippen LogP contribution in [0.25, 0.3) is 21.9 Å². The monoisotopic (exact) mass is 565 g/mol. The van der Waals surface area contributed by atoms with Crippen LogP contribution in [0.5, 0.6) is 5.75 Å². The summed E-state index contributed by atoms with van der Waals surface area (Å²) in [4.78, 5) is 10.4. The lowest BCUT2D eigenvalue weighted by molar-refractivity contribution is 0.0484. The second-order valence-corrected chi connectivity index (χ2v) is 11.1. The molecule has 35 heavy (non-hydrogen) atoms. The van der Waals surface area contributed by atoms with Crippen molar-refractivity contribution in [1.82, 2.24) is 18.8 Å². The molecule has 0 unspecified atom stereocenters. The summed E-state index contributed by atoms with van der Waals surface area (Å²) in [5.74, 6) is 0.380. The van der Waals surface area contributed by atoms with Gasteiger partial charge >= 0.3 is 0 Å². The molecule has 0 atom stereocenters. The van der Waals surface area contributed by atoms with Gasteiger partial charge in [0.05, 0.1) is 28.5 Å². The first-order valence-corrected chi connectivity index (χ1v) is 13.2. The number of hydrogen-bond donors (Lipinski definition) is 1. The summed E-state index contributed by atoms with van der Waals surface area (Å²) in [7, 11) is -4.02. The molecule has 1 aromatic carbocycles. The summed E-state index contributed by atoms with van der Waals surface area (Å²) < 4.78 is 60.9. The van der Waals surface area contributed by atoms with Crippen molar-refractivity contribution in [2.45, 2.75) is 30.3 Å². The van der Waals surface area contributed by atoms with E-state index in [0.717, 1.165) is 3.97 Å². The SMILES string of the molecule is Nc1ncc2c(c1OC1CCN(CC(F)F)CC1)c1cc(Br)cnc1n2S(=O)(=O)c1ccccc1. The number of hydrogen-bond acceptors (Lipinski definition) is 7. The molecule has 184 valence electrons. The number of rotatable bonds is 6. The van der Waals surface area contributed by atoms with E-state index in [1.54, 1.807) is 29.2 Å². The number of nitrogen functional groups attached to an aromatic ring is 1. The number of nitrogens with two attached hydrogens (primary N) is 1. The van der Waals surface area contributed by atoms with Crippen LogP contribution < -0.4 is 10.5 Å². The van der Waals surface area contributed by atoms with Crippen molar-refractivity contribution in [3.05, 3.63) is 53.3 Å². The minimum Gasteiger partial charge on any atom is -0.486 e. The van der Waals surface area contributed by atoms with Gasteiger partial charge in [0.15, 0.2) is 17.2 Å². The molecule has 1 saturated heterocycles. The van der Waals surface area contributed by atoms with Gasteiger partial charge in [0.2, 0.25) is 0 Å². The zero-order valence-corrected chi connectivity index (χ0v) is 20.8. The van der Waals surface area contributed by atoms with Crippen molar-refractivity contribution < 1.29 is 21.9 Å². The number of fused-ring (bicyclic) bond motifs is 3.